The van der Waals surface area contributed by atoms with Crippen molar-refractivity contribution in [1.82, 2.24) is 0 Å². The average Bonchev–Trinajstić information content (AvgIpc) is 2.92. The number of esters is 1. The minimum absolute atomic E-state index is 0.207. The number of hydrogen-bond donors (Lipinski definition) is 1. The molecule has 36 heavy (non-hydrogen) atoms. The van der Waals surface area contributed by atoms with Crippen molar-refractivity contribution in [2.75, 3.05) is 7.11 Å². The molecule has 184 valence electrons. The van der Waals surface area contributed by atoms with E-state index in [-0.39, 0.29) is 47.0 Å². The number of methoxy groups -OCH3 is 1. The number of rotatable bonds is 12. The summed E-state index contributed by atoms with van der Waals surface area (Å²) >= 11 is 0. The Labute approximate surface area is 210 Å². The molecule has 3 aromatic carbocycles. The predicted molar refractivity (Wildman–Crippen MR) is 138 cm³/mol. The van der Waals surface area contributed by atoms with Gasteiger partial charge in [-0.3, -0.25) is 24.6 Å². The van der Waals surface area contributed by atoms with Crippen molar-refractivity contribution >= 4 is 29.0 Å². The Morgan fingerprint density at radius 1 is 0.861 bits per heavy atom. The Balaban J connectivity index is 1.86. The second-order valence-corrected chi connectivity index (χ2v) is 8.59. The van der Waals surface area contributed by atoms with Crippen molar-refractivity contribution < 1.29 is 23.9 Å². The molecule has 0 fully saturated rings. The van der Waals surface area contributed by atoms with Crippen LogP contribution < -0.4 is 0 Å². The molecule has 0 aliphatic rings. The third kappa shape index (κ3) is 6.69. The summed E-state index contributed by atoms with van der Waals surface area (Å²) in [6.45, 7) is 1.75. The largest absolute Gasteiger partial charge is 0.469 e. The fourth-order valence-corrected chi connectivity index (χ4v) is 3.95. The maximum absolute atomic E-state index is 13.4. The Morgan fingerprint density at radius 2 is 1.50 bits per heavy atom. The van der Waals surface area contributed by atoms with Gasteiger partial charge in [0.1, 0.15) is 17.9 Å². The fraction of sp³-hybridized carbons (Fsp3) is 0.233. The number of ether oxygens (including phenoxy) is 1. The van der Waals surface area contributed by atoms with E-state index in [0.717, 1.165) is 11.1 Å². The van der Waals surface area contributed by atoms with E-state index < -0.39 is 11.9 Å². The molecule has 0 saturated carbocycles. The van der Waals surface area contributed by atoms with Crippen LogP contribution in [0.4, 0.5) is 0 Å². The fourth-order valence-electron chi connectivity index (χ4n) is 3.95. The monoisotopic (exact) mass is 483 g/mol. The zero-order valence-corrected chi connectivity index (χ0v) is 20.5. The van der Waals surface area contributed by atoms with Crippen LogP contribution in [-0.2, 0) is 25.5 Å². The number of aryl methyl sites for hydroxylation is 1. The zero-order valence-electron chi connectivity index (χ0n) is 20.5. The number of benzene rings is 3. The lowest BCUT2D eigenvalue weighted by Crippen LogP contribution is -2.23. The highest BCUT2D eigenvalue weighted by Crippen LogP contribution is 2.23. The number of carbonyl (C=O) groups is 4. The summed E-state index contributed by atoms with van der Waals surface area (Å²) in [4.78, 5) is 49.8. The Bertz CT molecular complexity index is 1270. The molecule has 3 aromatic rings. The first kappa shape index (κ1) is 26.4. The third-order valence-corrected chi connectivity index (χ3v) is 6.06. The first-order chi connectivity index (χ1) is 17.3. The van der Waals surface area contributed by atoms with Gasteiger partial charge in [0.15, 0.2) is 11.6 Å². The van der Waals surface area contributed by atoms with Crippen molar-refractivity contribution in [2.24, 2.45) is 0 Å². The minimum Gasteiger partial charge on any atom is -0.469 e. The van der Waals surface area contributed by atoms with Gasteiger partial charge in [-0.1, -0.05) is 79.7 Å². The Morgan fingerprint density at radius 3 is 2.14 bits per heavy atom. The van der Waals surface area contributed by atoms with Crippen LogP contribution in [0.2, 0.25) is 0 Å². The smallest absolute Gasteiger partial charge is 0.313 e. The quantitative estimate of drug-likeness (QED) is 0.167. The molecule has 1 unspecified atom stereocenters. The summed E-state index contributed by atoms with van der Waals surface area (Å²) in [5.74, 6) is -1.95. The highest BCUT2D eigenvalue weighted by atomic mass is 16.5. The van der Waals surface area contributed by atoms with Gasteiger partial charge in [-0.2, -0.15) is 0 Å². The predicted octanol–water partition coefficient (Wildman–Crippen LogP) is 5.11. The van der Waals surface area contributed by atoms with E-state index in [1.807, 2.05) is 36.4 Å². The third-order valence-electron chi connectivity index (χ3n) is 6.06. The van der Waals surface area contributed by atoms with Gasteiger partial charge in [0.2, 0.25) is 0 Å². The first-order valence-corrected chi connectivity index (χ1v) is 11.8. The SMILES string of the molecule is COC(=O)CC(=O)CCCc1ccc(C(=N)C(=O)C(C)c2ccccc2)c(C(=O)c2ccccc2)c1. The second-order valence-electron chi connectivity index (χ2n) is 8.59. The van der Waals surface area contributed by atoms with Crippen LogP contribution in [0.1, 0.15) is 64.7 Å². The molecule has 0 amide bonds. The van der Waals surface area contributed by atoms with Crippen molar-refractivity contribution in [3.63, 3.8) is 0 Å². The average molecular weight is 484 g/mol. The van der Waals surface area contributed by atoms with Crippen LogP contribution in [0.15, 0.2) is 78.9 Å². The number of ketones is 3. The Hall–Kier alpha value is -4.19. The summed E-state index contributed by atoms with van der Waals surface area (Å²) in [5, 5.41) is 8.67. The standard InChI is InChI=1S/C30H29NO5/c1-20(22-11-5-3-6-12-22)29(34)28(31)25-17-16-21(10-9-15-24(32)19-27(33)36-2)18-26(25)30(35)23-13-7-4-8-14-23/h3-8,11-14,16-18,20,31H,9-10,15,19H2,1-2H3. The van der Waals surface area contributed by atoms with Gasteiger partial charge in [0.25, 0.3) is 0 Å². The lowest BCUT2D eigenvalue weighted by atomic mass is 9.87. The maximum Gasteiger partial charge on any atom is 0.313 e. The number of nitrogens with one attached hydrogen (secondary N) is 1. The summed E-state index contributed by atoms with van der Waals surface area (Å²) < 4.78 is 4.52. The topological polar surface area (TPSA) is 101 Å². The van der Waals surface area contributed by atoms with E-state index in [4.69, 9.17) is 5.41 Å². The van der Waals surface area contributed by atoms with Crippen LogP contribution >= 0.6 is 0 Å². The Kier molecular flexibility index (Phi) is 9.17. The molecule has 0 aromatic heterocycles. The van der Waals surface area contributed by atoms with E-state index in [2.05, 4.69) is 4.74 Å². The highest BCUT2D eigenvalue weighted by molar-refractivity contribution is 6.47. The van der Waals surface area contributed by atoms with Gasteiger partial charge in [0.05, 0.1) is 7.11 Å². The molecule has 0 saturated heterocycles. The number of Topliss-reactive ketones (excluding diaryl/α,β-unsaturated/α-hetero) is 2. The van der Waals surface area contributed by atoms with Crippen LogP contribution in [-0.4, -0.2) is 36.1 Å². The van der Waals surface area contributed by atoms with E-state index in [1.165, 1.54) is 7.11 Å². The van der Waals surface area contributed by atoms with Crippen LogP contribution in [0.3, 0.4) is 0 Å². The summed E-state index contributed by atoms with van der Waals surface area (Å²) in [6, 6.07) is 23.1. The number of carbonyl (C=O) groups excluding carboxylic acids is 4. The van der Waals surface area contributed by atoms with E-state index in [9.17, 15) is 19.2 Å². The molecule has 6 heteroatoms. The van der Waals surface area contributed by atoms with Crippen LogP contribution in [0, 0.1) is 5.41 Å². The molecule has 0 aliphatic heterocycles. The summed E-state index contributed by atoms with van der Waals surface area (Å²) in [5.41, 5.74) is 2.41. The van der Waals surface area contributed by atoms with Gasteiger partial charge in [-0.15, -0.1) is 0 Å². The van der Waals surface area contributed by atoms with Crippen molar-refractivity contribution in [3.05, 3.63) is 107 Å². The van der Waals surface area contributed by atoms with E-state index >= 15 is 0 Å². The van der Waals surface area contributed by atoms with Crippen LogP contribution in [0.25, 0.3) is 0 Å². The minimum atomic E-state index is -0.562. The molecule has 1 N–H and O–H groups in total. The van der Waals surface area contributed by atoms with Crippen molar-refractivity contribution in [1.29, 1.82) is 5.41 Å². The highest BCUT2D eigenvalue weighted by Gasteiger charge is 2.25. The zero-order chi connectivity index (χ0) is 26.1. The molecule has 0 bridgehead atoms. The molecule has 0 spiro atoms. The molecular formula is C30H29NO5. The lowest BCUT2D eigenvalue weighted by molar-refractivity contribution is -0.143. The lowest BCUT2D eigenvalue weighted by Gasteiger charge is -2.15. The van der Waals surface area contributed by atoms with Gasteiger partial charge < -0.3 is 4.74 Å². The summed E-state index contributed by atoms with van der Waals surface area (Å²) in [6.07, 6.45) is 0.952. The first-order valence-electron chi connectivity index (χ1n) is 11.8. The van der Waals surface area contributed by atoms with Crippen LogP contribution in [0.5, 0.6) is 0 Å². The van der Waals surface area contributed by atoms with E-state index in [0.29, 0.717) is 18.4 Å². The molecule has 1 atom stereocenters. The van der Waals surface area contributed by atoms with Gasteiger partial charge in [-0.25, -0.2) is 0 Å². The van der Waals surface area contributed by atoms with Crippen molar-refractivity contribution in [2.45, 2.75) is 38.5 Å². The molecule has 0 aliphatic carbocycles. The maximum atomic E-state index is 13.4. The normalized spacial score (nSPS) is 11.4. The number of hydrogen-bond acceptors (Lipinski definition) is 6. The molecule has 0 radical (unpaired) electrons. The molecule has 3 rings (SSSR count). The van der Waals surface area contributed by atoms with Gasteiger partial charge in [0, 0.05) is 29.0 Å². The molecule has 6 nitrogen and oxygen atoms in total. The second kappa shape index (κ2) is 12.5. The molecule has 0 heterocycles. The van der Waals surface area contributed by atoms with Gasteiger partial charge in [-0.05, 0) is 30.0 Å². The van der Waals surface area contributed by atoms with Crippen molar-refractivity contribution in [3.8, 4) is 0 Å². The van der Waals surface area contributed by atoms with Gasteiger partial charge >= 0.3 is 5.97 Å². The summed E-state index contributed by atoms with van der Waals surface area (Å²) in [7, 11) is 1.24. The van der Waals surface area contributed by atoms with E-state index in [1.54, 1.807) is 49.4 Å². The molecular weight excluding hydrogens is 454 g/mol.